The Balaban J connectivity index is 2.27. The largest absolute Gasteiger partial charge is 0.504 e. The number of allylic oxidation sites excluding steroid dienone is 1. The van der Waals surface area contributed by atoms with Gasteiger partial charge in [-0.25, -0.2) is 0 Å². The highest BCUT2D eigenvalue weighted by Gasteiger charge is 2.09. The SMILES string of the molecule is COc1cc(C(=O)C=Cc2cc(C#N)n(C)c2C)ccc1O. The molecular formula is C17H16N2O3. The molecule has 5 nitrogen and oxygen atoms in total. The van der Waals surface area contributed by atoms with Crippen LogP contribution in [0.1, 0.15) is 27.3 Å². The Hall–Kier alpha value is -3.00. The molecule has 0 aliphatic carbocycles. The Morgan fingerprint density at radius 2 is 2.14 bits per heavy atom. The van der Waals surface area contributed by atoms with Crippen molar-refractivity contribution in [2.24, 2.45) is 7.05 Å². The minimum Gasteiger partial charge on any atom is -0.504 e. The molecule has 22 heavy (non-hydrogen) atoms. The number of nitriles is 1. The molecule has 0 unspecified atom stereocenters. The molecule has 1 aromatic carbocycles. The van der Waals surface area contributed by atoms with Crippen molar-refractivity contribution < 1.29 is 14.6 Å². The van der Waals surface area contributed by atoms with Gasteiger partial charge in [-0.3, -0.25) is 4.79 Å². The number of ketones is 1. The summed E-state index contributed by atoms with van der Waals surface area (Å²) in [6.45, 7) is 1.88. The number of rotatable bonds is 4. The number of nitrogens with zero attached hydrogens (tertiary/aromatic N) is 2. The first kappa shape index (κ1) is 15.4. The monoisotopic (exact) mass is 296 g/mol. The van der Waals surface area contributed by atoms with Crippen LogP contribution in [0, 0.1) is 18.3 Å². The van der Waals surface area contributed by atoms with Gasteiger partial charge in [0.05, 0.1) is 7.11 Å². The van der Waals surface area contributed by atoms with Gasteiger partial charge in [-0.05, 0) is 48.9 Å². The van der Waals surface area contributed by atoms with E-state index in [0.29, 0.717) is 11.3 Å². The molecule has 0 radical (unpaired) electrons. The Kier molecular flexibility index (Phi) is 4.33. The minimum atomic E-state index is -0.208. The van der Waals surface area contributed by atoms with E-state index in [0.717, 1.165) is 11.3 Å². The van der Waals surface area contributed by atoms with E-state index in [1.165, 1.54) is 31.4 Å². The first-order valence-electron chi connectivity index (χ1n) is 6.63. The number of phenols is 1. The van der Waals surface area contributed by atoms with Crippen molar-refractivity contribution in [2.45, 2.75) is 6.92 Å². The van der Waals surface area contributed by atoms with Gasteiger partial charge in [0, 0.05) is 18.3 Å². The van der Waals surface area contributed by atoms with Crippen LogP contribution in [-0.4, -0.2) is 22.6 Å². The lowest BCUT2D eigenvalue weighted by Gasteiger charge is -2.04. The number of hydrogen-bond acceptors (Lipinski definition) is 4. The maximum absolute atomic E-state index is 12.2. The van der Waals surface area contributed by atoms with E-state index < -0.39 is 0 Å². The normalized spacial score (nSPS) is 10.6. The smallest absolute Gasteiger partial charge is 0.185 e. The van der Waals surface area contributed by atoms with E-state index in [9.17, 15) is 9.90 Å². The molecule has 1 aromatic heterocycles. The lowest BCUT2D eigenvalue weighted by molar-refractivity contribution is 0.104. The summed E-state index contributed by atoms with van der Waals surface area (Å²) in [5.74, 6) is 0.0302. The molecule has 1 heterocycles. The number of aromatic hydroxyl groups is 1. The Bertz CT molecular complexity index is 795. The Morgan fingerprint density at radius 1 is 1.41 bits per heavy atom. The molecule has 0 aliphatic heterocycles. The summed E-state index contributed by atoms with van der Waals surface area (Å²) >= 11 is 0. The second-order valence-corrected chi connectivity index (χ2v) is 4.83. The number of ether oxygens (including phenoxy) is 1. The Morgan fingerprint density at radius 3 is 2.73 bits per heavy atom. The number of phenolic OH excluding ortho intramolecular Hbond substituents is 1. The van der Waals surface area contributed by atoms with Crippen LogP contribution in [0.15, 0.2) is 30.3 Å². The van der Waals surface area contributed by atoms with E-state index in [1.807, 2.05) is 6.92 Å². The topological polar surface area (TPSA) is 75.2 Å². The highest BCUT2D eigenvalue weighted by Crippen LogP contribution is 2.26. The summed E-state index contributed by atoms with van der Waals surface area (Å²) in [6.07, 6.45) is 3.12. The molecule has 0 aliphatic rings. The maximum Gasteiger partial charge on any atom is 0.185 e. The fourth-order valence-corrected chi connectivity index (χ4v) is 2.09. The van der Waals surface area contributed by atoms with E-state index in [1.54, 1.807) is 23.8 Å². The first-order valence-corrected chi connectivity index (χ1v) is 6.63. The number of carbonyl (C=O) groups excluding carboxylic acids is 1. The van der Waals surface area contributed by atoms with Gasteiger partial charge >= 0.3 is 0 Å². The predicted molar refractivity (Wildman–Crippen MR) is 82.9 cm³/mol. The number of aromatic nitrogens is 1. The molecule has 0 saturated carbocycles. The average molecular weight is 296 g/mol. The van der Waals surface area contributed by atoms with Gasteiger partial charge in [-0.1, -0.05) is 0 Å². The van der Waals surface area contributed by atoms with Gasteiger partial charge in [-0.2, -0.15) is 5.26 Å². The quantitative estimate of drug-likeness (QED) is 0.695. The third-order valence-corrected chi connectivity index (χ3v) is 3.57. The van der Waals surface area contributed by atoms with Crippen molar-refractivity contribution in [1.82, 2.24) is 4.57 Å². The number of methoxy groups -OCH3 is 1. The van der Waals surface area contributed by atoms with E-state index in [4.69, 9.17) is 10.00 Å². The molecule has 0 saturated heterocycles. The van der Waals surface area contributed by atoms with Crippen molar-refractivity contribution in [1.29, 1.82) is 5.26 Å². The summed E-state index contributed by atoms with van der Waals surface area (Å²) in [5.41, 5.74) is 2.68. The van der Waals surface area contributed by atoms with Crippen molar-refractivity contribution in [3.05, 3.63) is 52.9 Å². The van der Waals surface area contributed by atoms with Crippen molar-refractivity contribution >= 4 is 11.9 Å². The summed E-state index contributed by atoms with van der Waals surface area (Å²) in [5, 5.41) is 18.5. The van der Waals surface area contributed by atoms with E-state index >= 15 is 0 Å². The standard InChI is InChI=1S/C17H16N2O3/c1-11-12(8-14(10-18)19(11)2)4-6-15(20)13-5-7-16(21)17(9-13)22-3/h4-9,21H,1-3H3. The molecule has 0 fully saturated rings. The molecule has 5 heteroatoms. The highest BCUT2D eigenvalue weighted by atomic mass is 16.5. The van der Waals surface area contributed by atoms with Crippen LogP contribution >= 0.6 is 0 Å². The van der Waals surface area contributed by atoms with Crippen LogP contribution in [0.2, 0.25) is 0 Å². The van der Waals surface area contributed by atoms with E-state index in [-0.39, 0.29) is 17.3 Å². The fraction of sp³-hybridized carbons (Fsp3) is 0.176. The zero-order valence-corrected chi connectivity index (χ0v) is 12.6. The molecule has 2 rings (SSSR count). The van der Waals surface area contributed by atoms with Gasteiger partial charge in [0.1, 0.15) is 11.8 Å². The average Bonchev–Trinajstić information content (AvgIpc) is 2.80. The maximum atomic E-state index is 12.2. The van der Waals surface area contributed by atoms with Crippen molar-refractivity contribution in [3.63, 3.8) is 0 Å². The molecule has 0 bridgehead atoms. The zero-order valence-electron chi connectivity index (χ0n) is 12.6. The highest BCUT2D eigenvalue weighted by molar-refractivity contribution is 6.07. The van der Waals surface area contributed by atoms with Gasteiger partial charge in [0.25, 0.3) is 0 Å². The van der Waals surface area contributed by atoms with Crippen LogP contribution in [-0.2, 0) is 7.05 Å². The van der Waals surface area contributed by atoms with Crippen LogP contribution in [0.4, 0.5) is 0 Å². The third-order valence-electron chi connectivity index (χ3n) is 3.57. The van der Waals surface area contributed by atoms with Crippen molar-refractivity contribution in [3.8, 4) is 17.6 Å². The first-order chi connectivity index (χ1) is 10.5. The fourth-order valence-electron chi connectivity index (χ4n) is 2.09. The van der Waals surface area contributed by atoms with Gasteiger partial charge in [-0.15, -0.1) is 0 Å². The Labute approximate surface area is 128 Å². The van der Waals surface area contributed by atoms with Gasteiger partial charge in [0.2, 0.25) is 0 Å². The molecule has 2 aromatic rings. The number of benzene rings is 1. The summed E-state index contributed by atoms with van der Waals surface area (Å²) < 4.78 is 6.76. The zero-order chi connectivity index (χ0) is 16.3. The number of hydrogen-bond donors (Lipinski definition) is 1. The molecule has 1 N–H and O–H groups in total. The third kappa shape index (κ3) is 2.86. The molecular weight excluding hydrogens is 280 g/mol. The number of carbonyl (C=O) groups is 1. The second-order valence-electron chi connectivity index (χ2n) is 4.83. The van der Waals surface area contributed by atoms with Gasteiger partial charge in [0.15, 0.2) is 17.3 Å². The van der Waals surface area contributed by atoms with Gasteiger partial charge < -0.3 is 14.4 Å². The summed E-state index contributed by atoms with van der Waals surface area (Å²) in [6, 6.07) is 8.27. The predicted octanol–water partition coefficient (Wildman–Crippen LogP) is 2.82. The van der Waals surface area contributed by atoms with Crippen LogP contribution in [0.3, 0.4) is 0 Å². The molecule has 112 valence electrons. The second kappa shape index (κ2) is 6.19. The minimum absolute atomic E-state index is 0.0133. The molecule has 0 amide bonds. The lowest BCUT2D eigenvalue weighted by atomic mass is 10.1. The lowest BCUT2D eigenvalue weighted by Crippen LogP contribution is -1.96. The van der Waals surface area contributed by atoms with Crippen molar-refractivity contribution in [2.75, 3.05) is 7.11 Å². The van der Waals surface area contributed by atoms with E-state index in [2.05, 4.69) is 6.07 Å². The molecule has 0 spiro atoms. The van der Waals surface area contributed by atoms with Crippen LogP contribution in [0.25, 0.3) is 6.08 Å². The van der Waals surface area contributed by atoms with Crippen LogP contribution < -0.4 is 4.74 Å². The summed E-state index contributed by atoms with van der Waals surface area (Å²) in [7, 11) is 3.23. The summed E-state index contributed by atoms with van der Waals surface area (Å²) in [4.78, 5) is 12.2. The molecule has 0 atom stereocenters. The van der Waals surface area contributed by atoms with Crippen LogP contribution in [0.5, 0.6) is 11.5 Å².